The van der Waals surface area contributed by atoms with Gasteiger partial charge in [-0.1, -0.05) is 6.07 Å². The van der Waals surface area contributed by atoms with Crippen molar-refractivity contribution in [3.63, 3.8) is 0 Å². The summed E-state index contributed by atoms with van der Waals surface area (Å²) in [6.45, 7) is 3.61. The number of carbonyl (C=O) groups excluding carboxylic acids is 1. The Kier molecular flexibility index (Phi) is 6.57. The maximum atomic E-state index is 13.7. The van der Waals surface area contributed by atoms with Crippen molar-refractivity contribution in [2.24, 2.45) is 0 Å². The van der Waals surface area contributed by atoms with Gasteiger partial charge < -0.3 is 19.6 Å². The van der Waals surface area contributed by atoms with E-state index in [9.17, 15) is 22.8 Å². The highest BCUT2D eigenvalue weighted by Crippen LogP contribution is 2.42. The Hall–Kier alpha value is -3.12. The van der Waals surface area contributed by atoms with Gasteiger partial charge >= 0.3 is 18.2 Å². The number of rotatable bonds is 4. The van der Waals surface area contributed by atoms with E-state index in [1.54, 1.807) is 11.0 Å². The maximum Gasteiger partial charge on any atom is 0.416 e. The van der Waals surface area contributed by atoms with Crippen LogP contribution in [0.1, 0.15) is 60.1 Å². The number of piperidine rings is 1. The third kappa shape index (κ3) is 5.00. The van der Waals surface area contributed by atoms with Crippen LogP contribution in [-0.2, 0) is 17.5 Å². The SMILES string of the molecule is O=C(O)c1ccn(C(=O)N2CCC3(CCCN3Cc3ccc(C(F)(F)F)cc3N3CC4CCC(C3)O4)CC2)n1. The van der Waals surface area contributed by atoms with E-state index in [0.29, 0.717) is 38.4 Å². The van der Waals surface area contributed by atoms with Crippen LogP contribution in [0.15, 0.2) is 30.5 Å². The van der Waals surface area contributed by atoms with Crippen molar-refractivity contribution in [3.8, 4) is 0 Å². The van der Waals surface area contributed by atoms with Crippen molar-refractivity contribution in [1.82, 2.24) is 19.6 Å². The van der Waals surface area contributed by atoms with Crippen LogP contribution in [0.25, 0.3) is 0 Å². The quantitative estimate of drug-likeness (QED) is 0.617. The van der Waals surface area contributed by atoms with Crippen LogP contribution in [0, 0.1) is 0 Å². The van der Waals surface area contributed by atoms with Gasteiger partial charge in [0, 0.05) is 50.1 Å². The van der Waals surface area contributed by atoms with E-state index in [2.05, 4.69) is 14.9 Å². The number of morpholine rings is 1. The predicted molar refractivity (Wildman–Crippen MR) is 135 cm³/mol. The van der Waals surface area contributed by atoms with Gasteiger partial charge in [0.25, 0.3) is 0 Å². The van der Waals surface area contributed by atoms with Crippen molar-refractivity contribution < 1.29 is 32.6 Å². The topological polar surface area (TPSA) is 91.1 Å². The lowest BCUT2D eigenvalue weighted by Crippen LogP contribution is -2.53. The first-order valence-corrected chi connectivity index (χ1v) is 13.6. The Bertz CT molecular complexity index is 1240. The maximum absolute atomic E-state index is 13.7. The molecular formula is C27H32F3N5O4. The molecule has 2 bridgehead atoms. The lowest BCUT2D eigenvalue weighted by Gasteiger charge is -2.45. The number of aromatic nitrogens is 2. The molecule has 1 aromatic heterocycles. The number of carboxylic acids is 1. The summed E-state index contributed by atoms with van der Waals surface area (Å²) in [5, 5.41) is 13.0. The fraction of sp³-hybridized carbons (Fsp3) is 0.593. The average Bonchev–Trinajstić information content (AvgIpc) is 3.63. The molecule has 2 aromatic rings. The second-order valence-corrected chi connectivity index (χ2v) is 11.2. The zero-order valence-corrected chi connectivity index (χ0v) is 21.6. The minimum atomic E-state index is -4.41. The molecule has 1 amide bonds. The Morgan fingerprint density at radius 2 is 1.77 bits per heavy atom. The van der Waals surface area contributed by atoms with Gasteiger partial charge in [0.05, 0.1) is 17.8 Å². The molecule has 5 heterocycles. The molecule has 1 N–H and O–H groups in total. The first-order valence-electron chi connectivity index (χ1n) is 13.6. The highest BCUT2D eigenvalue weighted by Gasteiger charge is 2.45. The Morgan fingerprint density at radius 1 is 1.05 bits per heavy atom. The van der Waals surface area contributed by atoms with Crippen LogP contribution >= 0.6 is 0 Å². The lowest BCUT2D eigenvalue weighted by molar-refractivity contribution is -0.137. The summed E-state index contributed by atoms with van der Waals surface area (Å²) >= 11 is 0. The molecule has 9 nitrogen and oxygen atoms in total. The molecule has 4 aliphatic heterocycles. The minimum Gasteiger partial charge on any atom is -0.476 e. The highest BCUT2D eigenvalue weighted by atomic mass is 19.4. The van der Waals surface area contributed by atoms with Crippen LogP contribution in [0.3, 0.4) is 0 Å². The van der Waals surface area contributed by atoms with Crippen LogP contribution < -0.4 is 4.90 Å². The van der Waals surface area contributed by atoms with Crippen LogP contribution in [-0.4, -0.2) is 87.2 Å². The molecule has 39 heavy (non-hydrogen) atoms. The van der Waals surface area contributed by atoms with Gasteiger partial charge in [-0.3, -0.25) is 4.90 Å². The average molecular weight is 548 g/mol. The third-order valence-electron chi connectivity index (χ3n) is 8.87. The van der Waals surface area contributed by atoms with Crippen molar-refractivity contribution in [2.45, 2.75) is 69.0 Å². The molecule has 1 aromatic carbocycles. The number of hydrogen-bond acceptors (Lipinski definition) is 6. The van der Waals surface area contributed by atoms with E-state index < -0.39 is 17.7 Å². The smallest absolute Gasteiger partial charge is 0.416 e. The molecule has 4 aliphatic rings. The van der Waals surface area contributed by atoms with Gasteiger partial charge in [-0.2, -0.15) is 23.0 Å². The zero-order chi connectivity index (χ0) is 27.4. The number of halogens is 3. The van der Waals surface area contributed by atoms with Crippen molar-refractivity contribution in [2.75, 3.05) is 37.6 Å². The summed E-state index contributed by atoms with van der Waals surface area (Å²) in [5.74, 6) is -1.19. The summed E-state index contributed by atoms with van der Waals surface area (Å²) in [6, 6.07) is 5.07. The van der Waals surface area contributed by atoms with Crippen LogP contribution in [0.5, 0.6) is 0 Å². The first-order chi connectivity index (χ1) is 18.6. The minimum absolute atomic E-state index is 0.0625. The van der Waals surface area contributed by atoms with Crippen molar-refractivity contribution in [1.29, 1.82) is 0 Å². The van der Waals surface area contributed by atoms with E-state index in [4.69, 9.17) is 9.84 Å². The van der Waals surface area contributed by atoms with Crippen LogP contribution in [0.4, 0.5) is 23.7 Å². The van der Waals surface area contributed by atoms with Gasteiger partial charge in [0.15, 0.2) is 5.69 Å². The number of carbonyl (C=O) groups is 2. The van der Waals surface area contributed by atoms with Gasteiger partial charge in [-0.05, 0) is 68.8 Å². The fourth-order valence-corrected chi connectivity index (χ4v) is 6.80. The number of carboxylic acid groups (broad SMARTS) is 1. The highest BCUT2D eigenvalue weighted by molar-refractivity contribution is 5.86. The number of likely N-dealkylation sites (tertiary alicyclic amines) is 2. The molecule has 4 saturated heterocycles. The summed E-state index contributed by atoms with van der Waals surface area (Å²) in [4.78, 5) is 30.2. The van der Waals surface area contributed by atoms with Crippen molar-refractivity contribution >= 4 is 17.7 Å². The standard InChI is InChI=1S/C27H32F3N5O4/c28-27(29,30)19-3-2-18(23(14-19)33-16-20-4-5-21(17-33)39-20)15-34-10-1-7-26(34)8-12-32(13-9-26)25(38)35-11-6-22(31-35)24(36)37/h2-3,6,11,14,20-21H,1,4-5,7-10,12-13,15-17H2,(H,36,37). The predicted octanol–water partition coefficient (Wildman–Crippen LogP) is 4.07. The first kappa shape index (κ1) is 26.1. The molecule has 2 atom stereocenters. The van der Waals surface area contributed by atoms with Gasteiger partial charge in [0.2, 0.25) is 0 Å². The van der Waals surface area contributed by atoms with Crippen LogP contribution in [0.2, 0.25) is 0 Å². The van der Waals surface area contributed by atoms with Gasteiger partial charge in [-0.25, -0.2) is 9.59 Å². The number of fused-ring (bicyclic) bond motifs is 2. The Labute approximate surface area is 224 Å². The molecule has 210 valence electrons. The van der Waals surface area contributed by atoms with Gasteiger partial charge in [0.1, 0.15) is 0 Å². The normalized spacial score (nSPS) is 25.0. The second-order valence-electron chi connectivity index (χ2n) is 11.2. The molecule has 12 heteroatoms. The number of nitrogens with zero attached hydrogens (tertiary/aromatic N) is 5. The molecule has 4 fully saturated rings. The monoisotopic (exact) mass is 547 g/mol. The number of amides is 1. The third-order valence-corrected chi connectivity index (χ3v) is 8.87. The number of anilines is 1. The molecule has 0 saturated carbocycles. The molecule has 0 radical (unpaired) electrons. The van der Waals surface area contributed by atoms with E-state index in [1.807, 2.05) is 0 Å². The van der Waals surface area contributed by atoms with E-state index in [-0.39, 0.29) is 29.5 Å². The number of benzene rings is 1. The number of aromatic carboxylic acids is 1. The molecular weight excluding hydrogens is 515 g/mol. The van der Waals surface area contributed by atoms with E-state index in [0.717, 1.165) is 55.3 Å². The molecule has 2 unspecified atom stereocenters. The van der Waals surface area contributed by atoms with E-state index >= 15 is 0 Å². The molecule has 1 spiro atoms. The van der Waals surface area contributed by atoms with Gasteiger partial charge in [-0.15, -0.1) is 0 Å². The molecule has 0 aliphatic carbocycles. The number of hydrogen-bond donors (Lipinski definition) is 1. The number of ether oxygens (including phenoxy) is 1. The summed E-state index contributed by atoms with van der Waals surface area (Å²) in [6.07, 6.45) is 2.40. The summed E-state index contributed by atoms with van der Waals surface area (Å²) in [5.41, 5.74) is 0.596. The summed E-state index contributed by atoms with van der Waals surface area (Å²) in [7, 11) is 0. The molecule has 6 rings (SSSR count). The zero-order valence-electron chi connectivity index (χ0n) is 21.6. The number of alkyl halides is 3. The Balaban J connectivity index is 1.19. The lowest BCUT2D eigenvalue weighted by atomic mass is 9.84. The summed E-state index contributed by atoms with van der Waals surface area (Å²) < 4.78 is 48.0. The largest absolute Gasteiger partial charge is 0.476 e. The van der Waals surface area contributed by atoms with E-state index in [1.165, 1.54) is 24.4 Å². The second kappa shape index (κ2) is 9.81. The van der Waals surface area contributed by atoms with Crippen molar-refractivity contribution in [3.05, 3.63) is 47.3 Å². The fourth-order valence-electron chi connectivity index (χ4n) is 6.80. The Morgan fingerprint density at radius 3 is 2.41 bits per heavy atom.